The number of benzene rings is 1. The molecule has 1 fully saturated rings. The first-order valence-corrected chi connectivity index (χ1v) is 6.72. The van der Waals surface area contributed by atoms with Crippen molar-refractivity contribution in [2.45, 2.75) is 12.8 Å². The van der Waals surface area contributed by atoms with Gasteiger partial charge in [0.25, 0.3) is 5.91 Å². The molecule has 2 aromatic rings. The van der Waals surface area contributed by atoms with Gasteiger partial charge in [-0.25, -0.2) is 4.98 Å². The standard InChI is InChI=1S/C14H15BN2O3/c18-14(17-8-1-2-9-17)12-7-6-10-4-3-5-11(15(19)20)13(10)16-12/h3-7,19-20H,1-2,8-9H2. The number of fused-ring (bicyclic) bond motifs is 1. The van der Waals surface area contributed by atoms with Gasteiger partial charge in [0.2, 0.25) is 0 Å². The van der Waals surface area contributed by atoms with Gasteiger partial charge in [-0.1, -0.05) is 24.3 Å². The number of nitrogens with zero attached hydrogens (tertiary/aromatic N) is 2. The van der Waals surface area contributed by atoms with E-state index in [0.29, 0.717) is 16.7 Å². The molecule has 1 aliphatic rings. The average molecular weight is 270 g/mol. The van der Waals surface area contributed by atoms with Gasteiger partial charge in [0.05, 0.1) is 5.52 Å². The Morgan fingerprint density at radius 3 is 2.60 bits per heavy atom. The molecule has 0 saturated carbocycles. The number of para-hydroxylation sites is 1. The average Bonchev–Trinajstić information content (AvgIpc) is 2.99. The number of pyridine rings is 1. The van der Waals surface area contributed by atoms with Gasteiger partial charge in [-0.3, -0.25) is 4.79 Å². The number of hydrogen-bond acceptors (Lipinski definition) is 4. The van der Waals surface area contributed by atoms with E-state index in [9.17, 15) is 14.8 Å². The number of carbonyl (C=O) groups excluding carboxylic acids is 1. The highest BCUT2D eigenvalue weighted by Crippen LogP contribution is 2.15. The summed E-state index contributed by atoms with van der Waals surface area (Å²) in [5.41, 5.74) is 1.14. The van der Waals surface area contributed by atoms with Crippen molar-refractivity contribution in [1.82, 2.24) is 9.88 Å². The van der Waals surface area contributed by atoms with Crippen LogP contribution >= 0.6 is 0 Å². The first kappa shape index (κ1) is 13.1. The molecule has 1 amide bonds. The maximum atomic E-state index is 12.3. The lowest BCUT2D eigenvalue weighted by atomic mass is 9.79. The van der Waals surface area contributed by atoms with Crippen molar-refractivity contribution < 1.29 is 14.8 Å². The maximum absolute atomic E-state index is 12.3. The van der Waals surface area contributed by atoms with Gasteiger partial charge in [-0.2, -0.15) is 0 Å². The van der Waals surface area contributed by atoms with Crippen molar-refractivity contribution in [1.29, 1.82) is 0 Å². The molecule has 0 aliphatic carbocycles. The van der Waals surface area contributed by atoms with E-state index in [1.54, 1.807) is 29.2 Å². The third-order valence-corrected chi connectivity index (χ3v) is 3.64. The van der Waals surface area contributed by atoms with Crippen LogP contribution in [0.3, 0.4) is 0 Å². The van der Waals surface area contributed by atoms with Crippen LogP contribution in [0.25, 0.3) is 10.9 Å². The zero-order valence-corrected chi connectivity index (χ0v) is 11.0. The molecular formula is C14H15BN2O3. The molecule has 0 spiro atoms. The summed E-state index contributed by atoms with van der Waals surface area (Å²) in [5, 5.41) is 19.6. The fourth-order valence-electron chi connectivity index (χ4n) is 2.58. The van der Waals surface area contributed by atoms with Crippen LogP contribution in [-0.2, 0) is 0 Å². The number of aromatic nitrogens is 1. The summed E-state index contributed by atoms with van der Waals surface area (Å²) >= 11 is 0. The SMILES string of the molecule is O=C(c1ccc2cccc(B(O)O)c2n1)N1CCCC1. The second-order valence-corrected chi connectivity index (χ2v) is 4.99. The zero-order valence-electron chi connectivity index (χ0n) is 11.0. The zero-order chi connectivity index (χ0) is 14.1. The third-order valence-electron chi connectivity index (χ3n) is 3.64. The second kappa shape index (κ2) is 5.23. The van der Waals surface area contributed by atoms with E-state index in [1.165, 1.54) is 0 Å². The molecule has 1 aliphatic heterocycles. The van der Waals surface area contributed by atoms with Crippen molar-refractivity contribution in [3.05, 3.63) is 36.0 Å². The van der Waals surface area contributed by atoms with Crippen molar-refractivity contribution >= 4 is 29.4 Å². The molecule has 102 valence electrons. The Morgan fingerprint density at radius 1 is 1.15 bits per heavy atom. The van der Waals surface area contributed by atoms with E-state index in [-0.39, 0.29) is 5.91 Å². The van der Waals surface area contributed by atoms with Crippen LogP contribution in [0.5, 0.6) is 0 Å². The summed E-state index contributed by atoms with van der Waals surface area (Å²) in [7, 11) is -1.59. The number of amides is 1. The quantitative estimate of drug-likeness (QED) is 0.762. The third kappa shape index (κ3) is 2.28. The Balaban J connectivity index is 2.05. The van der Waals surface area contributed by atoms with Gasteiger partial charge >= 0.3 is 7.12 Å². The fraction of sp³-hybridized carbons (Fsp3) is 0.286. The molecule has 3 rings (SSSR count). The number of carbonyl (C=O) groups is 1. The summed E-state index contributed by atoms with van der Waals surface area (Å²) in [5.74, 6) is -0.0911. The van der Waals surface area contributed by atoms with E-state index in [2.05, 4.69) is 4.98 Å². The first-order chi connectivity index (χ1) is 9.66. The maximum Gasteiger partial charge on any atom is 0.490 e. The summed E-state index contributed by atoms with van der Waals surface area (Å²) in [4.78, 5) is 18.4. The fourth-order valence-corrected chi connectivity index (χ4v) is 2.58. The van der Waals surface area contributed by atoms with Crippen LogP contribution < -0.4 is 5.46 Å². The van der Waals surface area contributed by atoms with Gasteiger partial charge in [0.15, 0.2) is 0 Å². The summed E-state index contributed by atoms with van der Waals surface area (Å²) in [6.45, 7) is 1.53. The van der Waals surface area contributed by atoms with Gasteiger partial charge in [-0.15, -0.1) is 0 Å². The van der Waals surface area contributed by atoms with Crippen molar-refractivity contribution in [2.75, 3.05) is 13.1 Å². The highest BCUT2D eigenvalue weighted by molar-refractivity contribution is 6.61. The molecule has 1 aromatic carbocycles. The Kier molecular flexibility index (Phi) is 3.42. The lowest BCUT2D eigenvalue weighted by molar-refractivity contribution is 0.0787. The molecule has 0 radical (unpaired) electrons. The van der Waals surface area contributed by atoms with Crippen LogP contribution in [-0.4, -0.2) is 46.0 Å². The molecule has 0 bridgehead atoms. The number of likely N-dealkylation sites (tertiary alicyclic amines) is 1. The van der Waals surface area contributed by atoms with Crippen LogP contribution in [0.2, 0.25) is 0 Å². The Hall–Kier alpha value is -1.92. The molecule has 0 unspecified atom stereocenters. The molecule has 6 heteroatoms. The molecule has 5 nitrogen and oxygen atoms in total. The predicted octanol–water partition coefficient (Wildman–Crippen LogP) is 0.151. The van der Waals surface area contributed by atoms with Crippen LogP contribution in [0, 0.1) is 0 Å². The molecule has 2 heterocycles. The molecule has 1 saturated heterocycles. The molecular weight excluding hydrogens is 255 g/mol. The Labute approximate surface area is 117 Å². The normalized spacial score (nSPS) is 14.8. The number of hydrogen-bond donors (Lipinski definition) is 2. The van der Waals surface area contributed by atoms with Gasteiger partial charge in [0, 0.05) is 18.6 Å². The molecule has 0 atom stereocenters. The Bertz CT molecular complexity index is 654. The minimum Gasteiger partial charge on any atom is -0.423 e. The van der Waals surface area contributed by atoms with E-state index in [4.69, 9.17) is 0 Å². The monoisotopic (exact) mass is 270 g/mol. The van der Waals surface area contributed by atoms with Crippen molar-refractivity contribution in [3.63, 3.8) is 0 Å². The van der Waals surface area contributed by atoms with Crippen LogP contribution in [0.1, 0.15) is 23.3 Å². The lowest BCUT2D eigenvalue weighted by Crippen LogP contribution is -2.32. The van der Waals surface area contributed by atoms with Crippen LogP contribution in [0.4, 0.5) is 0 Å². The van der Waals surface area contributed by atoms with Crippen molar-refractivity contribution in [3.8, 4) is 0 Å². The Morgan fingerprint density at radius 2 is 1.90 bits per heavy atom. The smallest absolute Gasteiger partial charge is 0.423 e. The van der Waals surface area contributed by atoms with E-state index >= 15 is 0 Å². The predicted molar refractivity (Wildman–Crippen MR) is 76.7 cm³/mol. The second-order valence-electron chi connectivity index (χ2n) is 4.99. The van der Waals surface area contributed by atoms with Gasteiger partial charge < -0.3 is 14.9 Å². The molecule has 1 aromatic heterocycles. The van der Waals surface area contributed by atoms with E-state index < -0.39 is 7.12 Å². The van der Waals surface area contributed by atoms with E-state index in [0.717, 1.165) is 31.3 Å². The van der Waals surface area contributed by atoms with Gasteiger partial charge in [0.1, 0.15) is 5.69 Å². The minimum atomic E-state index is -1.59. The molecule has 2 N–H and O–H groups in total. The largest absolute Gasteiger partial charge is 0.490 e. The topological polar surface area (TPSA) is 73.7 Å². The first-order valence-electron chi connectivity index (χ1n) is 6.72. The lowest BCUT2D eigenvalue weighted by Gasteiger charge is -2.15. The van der Waals surface area contributed by atoms with E-state index in [1.807, 2.05) is 6.07 Å². The van der Waals surface area contributed by atoms with Crippen molar-refractivity contribution in [2.24, 2.45) is 0 Å². The summed E-state index contributed by atoms with van der Waals surface area (Å²) in [6, 6.07) is 8.65. The highest BCUT2D eigenvalue weighted by Gasteiger charge is 2.22. The van der Waals surface area contributed by atoms with Gasteiger partial charge in [-0.05, 0) is 24.3 Å². The molecule has 20 heavy (non-hydrogen) atoms. The summed E-state index contributed by atoms with van der Waals surface area (Å²) in [6.07, 6.45) is 2.06. The highest BCUT2D eigenvalue weighted by atomic mass is 16.4. The number of rotatable bonds is 2. The summed E-state index contributed by atoms with van der Waals surface area (Å²) < 4.78 is 0. The van der Waals surface area contributed by atoms with Crippen LogP contribution in [0.15, 0.2) is 30.3 Å². The minimum absolute atomic E-state index is 0.0911.